The molecule has 2 fully saturated rings. The fourth-order valence-electron chi connectivity index (χ4n) is 2.68. The van der Waals surface area contributed by atoms with Crippen LogP contribution >= 0.6 is 0 Å². The number of amides is 1. The van der Waals surface area contributed by atoms with Crippen LogP contribution in [0.15, 0.2) is 0 Å². The molecule has 1 N–H and O–H groups in total. The Bertz CT molecular complexity index is 244. The highest BCUT2D eigenvalue weighted by molar-refractivity contribution is 5.76. The first-order chi connectivity index (χ1) is 8.29. The summed E-state index contributed by atoms with van der Waals surface area (Å²) in [5.41, 5.74) is 0. The lowest BCUT2D eigenvalue weighted by molar-refractivity contribution is -0.134. The molecule has 4 nitrogen and oxygen atoms in total. The molecule has 1 saturated carbocycles. The second kappa shape index (κ2) is 6.36. The molecule has 1 saturated heterocycles. The van der Waals surface area contributed by atoms with E-state index in [1.165, 1.54) is 0 Å². The van der Waals surface area contributed by atoms with Gasteiger partial charge in [-0.1, -0.05) is 0 Å². The fourth-order valence-corrected chi connectivity index (χ4v) is 2.68. The summed E-state index contributed by atoms with van der Waals surface area (Å²) in [5.74, 6) is 0.906. The van der Waals surface area contributed by atoms with E-state index >= 15 is 0 Å². The van der Waals surface area contributed by atoms with Crippen LogP contribution in [0, 0.1) is 5.92 Å². The number of hydrogen-bond acceptors (Lipinski definition) is 3. The smallest absolute Gasteiger partial charge is 0.222 e. The Hall–Kier alpha value is -0.610. The van der Waals surface area contributed by atoms with Gasteiger partial charge in [0.05, 0.1) is 6.10 Å². The van der Waals surface area contributed by atoms with E-state index < -0.39 is 0 Å². The molecule has 1 amide bonds. The summed E-state index contributed by atoms with van der Waals surface area (Å²) in [6.45, 7) is 6.61. The van der Waals surface area contributed by atoms with Crippen molar-refractivity contribution in [2.24, 2.45) is 5.92 Å². The minimum absolute atomic E-state index is 0.341. The lowest BCUT2D eigenvalue weighted by Gasteiger charge is -2.35. The first kappa shape index (κ1) is 12.8. The van der Waals surface area contributed by atoms with Crippen LogP contribution in [-0.4, -0.2) is 49.7 Å². The average Bonchev–Trinajstić information content (AvgIpc) is 2.54. The molecule has 1 heterocycles. The van der Waals surface area contributed by atoms with Gasteiger partial charge in [0, 0.05) is 32.7 Å². The maximum Gasteiger partial charge on any atom is 0.222 e. The van der Waals surface area contributed by atoms with Gasteiger partial charge >= 0.3 is 0 Å². The standard InChI is InChI=1S/C13H24N2O2/c1-2-17-12-8-11(9-12)10-13(16)15-6-3-4-14-5-7-15/h11-12,14H,2-10H2,1H3. The van der Waals surface area contributed by atoms with Gasteiger partial charge < -0.3 is 15.0 Å². The molecule has 17 heavy (non-hydrogen) atoms. The number of nitrogens with one attached hydrogen (secondary N) is 1. The molecule has 2 rings (SSSR count). The molecule has 0 bridgehead atoms. The highest BCUT2D eigenvalue weighted by Gasteiger charge is 2.32. The Kier molecular flexibility index (Phi) is 4.80. The van der Waals surface area contributed by atoms with Gasteiger partial charge in [0.2, 0.25) is 5.91 Å². The van der Waals surface area contributed by atoms with Crippen LogP contribution < -0.4 is 5.32 Å². The summed E-state index contributed by atoms with van der Waals surface area (Å²) < 4.78 is 5.52. The molecule has 0 aromatic heterocycles. The molecular weight excluding hydrogens is 216 g/mol. The second-order valence-corrected chi connectivity index (χ2v) is 5.10. The highest BCUT2D eigenvalue weighted by Crippen LogP contribution is 2.33. The second-order valence-electron chi connectivity index (χ2n) is 5.10. The van der Waals surface area contributed by atoms with Crippen molar-refractivity contribution in [1.82, 2.24) is 10.2 Å². The normalized spacial score (nSPS) is 29.6. The van der Waals surface area contributed by atoms with Crippen LogP contribution in [-0.2, 0) is 9.53 Å². The maximum absolute atomic E-state index is 12.1. The van der Waals surface area contributed by atoms with Crippen LogP contribution in [0.1, 0.15) is 32.6 Å². The van der Waals surface area contributed by atoms with E-state index in [2.05, 4.69) is 5.32 Å². The van der Waals surface area contributed by atoms with Crippen LogP contribution in [0.2, 0.25) is 0 Å². The third-order valence-corrected chi connectivity index (χ3v) is 3.75. The summed E-state index contributed by atoms with van der Waals surface area (Å²) in [6.07, 6.45) is 4.38. The number of nitrogens with zero attached hydrogens (tertiary/aromatic N) is 1. The fraction of sp³-hybridized carbons (Fsp3) is 0.923. The first-order valence-electron chi connectivity index (χ1n) is 6.89. The molecule has 4 heteroatoms. The molecule has 0 atom stereocenters. The predicted octanol–water partition coefficient (Wildman–Crippen LogP) is 1.01. The van der Waals surface area contributed by atoms with E-state index in [0.29, 0.717) is 17.9 Å². The summed E-state index contributed by atoms with van der Waals surface area (Å²) in [5, 5.41) is 3.32. The van der Waals surface area contributed by atoms with Crippen molar-refractivity contribution >= 4 is 5.91 Å². The van der Waals surface area contributed by atoms with Crippen LogP contribution in [0.5, 0.6) is 0 Å². The number of hydrogen-bond donors (Lipinski definition) is 1. The Morgan fingerprint density at radius 2 is 2.18 bits per heavy atom. The van der Waals surface area contributed by atoms with Crippen molar-refractivity contribution < 1.29 is 9.53 Å². The van der Waals surface area contributed by atoms with Crippen LogP contribution in [0.4, 0.5) is 0 Å². The van der Waals surface area contributed by atoms with Gasteiger partial charge in [-0.3, -0.25) is 4.79 Å². The van der Waals surface area contributed by atoms with Crippen molar-refractivity contribution in [2.45, 2.75) is 38.7 Å². The van der Waals surface area contributed by atoms with Crippen molar-refractivity contribution in [3.63, 3.8) is 0 Å². The quantitative estimate of drug-likeness (QED) is 0.797. The number of rotatable bonds is 4. The van der Waals surface area contributed by atoms with E-state index in [4.69, 9.17) is 4.74 Å². The van der Waals surface area contributed by atoms with Crippen molar-refractivity contribution in [1.29, 1.82) is 0 Å². The van der Waals surface area contributed by atoms with Gasteiger partial charge in [-0.2, -0.15) is 0 Å². The summed E-state index contributed by atoms with van der Waals surface area (Å²) in [6, 6.07) is 0. The predicted molar refractivity (Wildman–Crippen MR) is 66.8 cm³/mol. The van der Waals surface area contributed by atoms with Gasteiger partial charge in [-0.05, 0) is 38.6 Å². The molecule has 0 unspecified atom stereocenters. The largest absolute Gasteiger partial charge is 0.378 e. The minimum Gasteiger partial charge on any atom is -0.378 e. The van der Waals surface area contributed by atoms with Crippen molar-refractivity contribution in [3.05, 3.63) is 0 Å². The molecule has 0 aromatic carbocycles. The Morgan fingerprint density at radius 3 is 2.94 bits per heavy atom. The van der Waals surface area contributed by atoms with Gasteiger partial charge in [-0.25, -0.2) is 0 Å². The van der Waals surface area contributed by atoms with Crippen molar-refractivity contribution in [2.75, 3.05) is 32.8 Å². The number of ether oxygens (including phenoxy) is 1. The Balaban J connectivity index is 1.67. The molecule has 0 radical (unpaired) electrons. The summed E-state index contributed by atoms with van der Waals surface area (Å²) in [4.78, 5) is 14.1. The van der Waals surface area contributed by atoms with E-state index in [0.717, 1.165) is 58.5 Å². The zero-order chi connectivity index (χ0) is 12.1. The molecule has 0 spiro atoms. The highest BCUT2D eigenvalue weighted by atomic mass is 16.5. The van der Waals surface area contributed by atoms with Gasteiger partial charge in [0.1, 0.15) is 0 Å². The topological polar surface area (TPSA) is 41.6 Å². The third-order valence-electron chi connectivity index (χ3n) is 3.75. The van der Waals surface area contributed by atoms with E-state index in [1.54, 1.807) is 0 Å². The van der Waals surface area contributed by atoms with Crippen LogP contribution in [0.3, 0.4) is 0 Å². The molecule has 0 aromatic rings. The van der Waals surface area contributed by atoms with Crippen LogP contribution in [0.25, 0.3) is 0 Å². The van der Waals surface area contributed by atoms with E-state index in [-0.39, 0.29) is 0 Å². The molecule has 98 valence electrons. The monoisotopic (exact) mass is 240 g/mol. The first-order valence-corrected chi connectivity index (χ1v) is 6.89. The van der Waals surface area contributed by atoms with Crippen molar-refractivity contribution in [3.8, 4) is 0 Å². The van der Waals surface area contributed by atoms with Gasteiger partial charge in [-0.15, -0.1) is 0 Å². The van der Waals surface area contributed by atoms with Gasteiger partial charge in [0.15, 0.2) is 0 Å². The molecule has 1 aliphatic carbocycles. The number of carbonyl (C=O) groups is 1. The summed E-state index contributed by atoms with van der Waals surface area (Å²) >= 11 is 0. The average molecular weight is 240 g/mol. The lowest BCUT2D eigenvalue weighted by Crippen LogP contribution is -2.39. The Labute approximate surface area is 104 Å². The van der Waals surface area contributed by atoms with E-state index in [1.807, 2.05) is 11.8 Å². The van der Waals surface area contributed by atoms with Gasteiger partial charge in [0.25, 0.3) is 0 Å². The maximum atomic E-state index is 12.1. The number of carbonyl (C=O) groups excluding carboxylic acids is 1. The lowest BCUT2D eigenvalue weighted by atomic mass is 9.79. The zero-order valence-corrected chi connectivity index (χ0v) is 10.8. The Morgan fingerprint density at radius 1 is 1.35 bits per heavy atom. The summed E-state index contributed by atoms with van der Waals surface area (Å²) in [7, 11) is 0. The molecule has 2 aliphatic rings. The minimum atomic E-state index is 0.341. The molecule has 1 aliphatic heterocycles. The van der Waals surface area contributed by atoms with E-state index in [9.17, 15) is 4.79 Å². The SMILES string of the molecule is CCOC1CC(CC(=O)N2CCCNCC2)C1. The molecular formula is C13H24N2O2. The third kappa shape index (κ3) is 3.68. The zero-order valence-electron chi connectivity index (χ0n) is 10.8.